The van der Waals surface area contributed by atoms with E-state index in [1.165, 1.54) is 7.11 Å². The Kier molecular flexibility index (Phi) is 3.64. The van der Waals surface area contributed by atoms with Gasteiger partial charge in [-0.3, -0.25) is 4.79 Å². The van der Waals surface area contributed by atoms with Gasteiger partial charge in [0.05, 0.1) is 7.11 Å². The molecule has 19 heavy (non-hydrogen) atoms. The smallest absolute Gasteiger partial charge is 0.340 e. The first-order valence-corrected chi connectivity index (χ1v) is 5.99. The molecule has 0 saturated heterocycles. The maximum absolute atomic E-state index is 11.9. The molecule has 0 spiro atoms. The second-order valence-corrected chi connectivity index (χ2v) is 4.52. The number of cyclic esters (lactones) is 1. The van der Waals surface area contributed by atoms with E-state index in [9.17, 15) is 9.59 Å². The van der Waals surface area contributed by atoms with Crippen LogP contribution in [0.5, 0.6) is 0 Å². The van der Waals surface area contributed by atoms with Crippen molar-refractivity contribution in [3.05, 3.63) is 35.9 Å². The SMILES string of the molecule is COC(=O)CC[C@]1(C)N=C(c2ccccc2)OC1=O. The maximum atomic E-state index is 11.9. The van der Waals surface area contributed by atoms with Gasteiger partial charge in [-0.2, -0.15) is 0 Å². The lowest BCUT2D eigenvalue weighted by atomic mass is 9.97. The molecular formula is C14H15NO4. The number of carbonyl (C=O) groups is 2. The molecule has 5 nitrogen and oxygen atoms in total. The van der Waals surface area contributed by atoms with Crippen molar-refractivity contribution in [2.45, 2.75) is 25.3 Å². The van der Waals surface area contributed by atoms with Crippen LogP contribution in [-0.4, -0.2) is 30.5 Å². The van der Waals surface area contributed by atoms with Crippen LogP contribution >= 0.6 is 0 Å². The molecule has 0 saturated carbocycles. The number of carbonyl (C=O) groups excluding carboxylic acids is 2. The van der Waals surface area contributed by atoms with Gasteiger partial charge in [0.2, 0.25) is 5.90 Å². The van der Waals surface area contributed by atoms with Gasteiger partial charge in [0.1, 0.15) is 0 Å². The zero-order valence-corrected chi connectivity index (χ0v) is 10.9. The minimum absolute atomic E-state index is 0.133. The van der Waals surface area contributed by atoms with E-state index < -0.39 is 11.5 Å². The van der Waals surface area contributed by atoms with E-state index in [1.807, 2.05) is 30.3 Å². The molecule has 0 bridgehead atoms. The van der Waals surface area contributed by atoms with Crippen LogP contribution in [0.1, 0.15) is 25.3 Å². The third-order valence-corrected chi connectivity index (χ3v) is 3.04. The van der Waals surface area contributed by atoms with Gasteiger partial charge >= 0.3 is 11.9 Å². The molecule has 0 aliphatic carbocycles. The Hall–Kier alpha value is -2.17. The predicted octanol–water partition coefficient (Wildman–Crippen LogP) is 1.70. The van der Waals surface area contributed by atoms with E-state index in [2.05, 4.69) is 9.73 Å². The van der Waals surface area contributed by atoms with Crippen molar-refractivity contribution in [2.75, 3.05) is 7.11 Å². The minimum atomic E-state index is -1.01. The summed E-state index contributed by atoms with van der Waals surface area (Å²) in [4.78, 5) is 27.4. The number of esters is 2. The van der Waals surface area contributed by atoms with Crippen LogP contribution in [0.15, 0.2) is 35.3 Å². The van der Waals surface area contributed by atoms with Crippen molar-refractivity contribution in [3.8, 4) is 0 Å². The van der Waals surface area contributed by atoms with Crippen molar-refractivity contribution in [3.63, 3.8) is 0 Å². The molecule has 1 aliphatic rings. The van der Waals surface area contributed by atoms with Crippen molar-refractivity contribution in [1.29, 1.82) is 0 Å². The second-order valence-electron chi connectivity index (χ2n) is 4.52. The van der Waals surface area contributed by atoms with Gasteiger partial charge in [-0.1, -0.05) is 18.2 Å². The monoisotopic (exact) mass is 261 g/mol. The average Bonchev–Trinajstić information content (AvgIpc) is 2.74. The number of methoxy groups -OCH3 is 1. The number of benzene rings is 1. The van der Waals surface area contributed by atoms with E-state index >= 15 is 0 Å². The van der Waals surface area contributed by atoms with Crippen LogP contribution in [-0.2, 0) is 19.1 Å². The quantitative estimate of drug-likeness (QED) is 0.774. The third-order valence-electron chi connectivity index (χ3n) is 3.04. The first-order chi connectivity index (χ1) is 9.05. The first-order valence-electron chi connectivity index (χ1n) is 5.99. The van der Waals surface area contributed by atoms with Gasteiger partial charge in [0.25, 0.3) is 0 Å². The highest BCUT2D eigenvalue weighted by Crippen LogP contribution is 2.27. The van der Waals surface area contributed by atoms with Gasteiger partial charge in [0.15, 0.2) is 5.54 Å². The normalized spacial score (nSPS) is 21.8. The summed E-state index contributed by atoms with van der Waals surface area (Å²) < 4.78 is 9.75. The molecule has 1 aliphatic heterocycles. The molecule has 0 amide bonds. The number of hydrogen-bond acceptors (Lipinski definition) is 5. The summed E-state index contributed by atoms with van der Waals surface area (Å²) in [7, 11) is 1.32. The standard InChI is InChI=1S/C14H15NO4/c1-14(9-8-11(16)18-2)13(17)19-12(15-14)10-6-4-3-5-7-10/h3-7H,8-9H2,1-2H3/t14-/m0/s1. The van der Waals surface area contributed by atoms with E-state index in [1.54, 1.807) is 6.92 Å². The molecule has 0 aromatic heterocycles. The van der Waals surface area contributed by atoms with Gasteiger partial charge in [0, 0.05) is 12.0 Å². The van der Waals surface area contributed by atoms with E-state index in [0.29, 0.717) is 5.90 Å². The van der Waals surface area contributed by atoms with Crippen LogP contribution < -0.4 is 0 Å². The summed E-state index contributed by atoms with van der Waals surface area (Å²) >= 11 is 0. The molecule has 100 valence electrons. The molecule has 1 heterocycles. The zero-order chi connectivity index (χ0) is 13.9. The molecule has 0 unspecified atom stereocenters. The van der Waals surface area contributed by atoms with Gasteiger partial charge in [-0.15, -0.1) is 0 Å². The van der Waals surface area contributed by atoms with Crippen LogP contribution in [0.25, 0.3) is 0 Å². The van der Waals surface area contributed by atoms with Crippen molar-refractivity contribution in [1.82, 2.24) is 0 Å². The molecule has 5 heteroatoms. The third kappa shape index (κ3) is 2.81. The molecule has 1 aromatic rings. The van der Waals surface area contributed by atoms with Gasteiger partial charge < -0.3 is 9.47 Å². The Balaban J connectivity index is 2.16. The zero-order valence-electron chi connectivity index (χ0n) is 10.9. The number of nitrogens with zero attached hydrogens (tertiary/aromatic N) is 1. The number of hydrogen-bond donors (Lipinski definition) is 0. The second kappa shape index (κ2) is 5.22. The highest BCUT2D eigenvalue weighted by atomic mass is 16.6. The Bertz CT molecular complexity index is 524. The molecule has 1 atom stereocenters. The van der Waals surface area contributed by atoms with Crippen LogP contribution in [0, 0.1) is 0 Å². The Morgan fingerprint density at radius 1 is 1.37 bits per heavy atom. The van der Waals surface area contributed by atoms with Gasteiger partial charge in [-0.25, -0.2) is 9.79 Å². The fraction of sp³-hybridized carbons (Fsp3) is 0.357. The summed E-state index contributed by atoms with van der Waals surface area (Å²) in [5.41, 5.74) is -0.267. The summed E-state index contributed by atoms with van der Waals surface area (Å²) in [5, 5.41) is 0. The van der Waals surface area contributed by atoms with E-state index in [4.69, 9.17) is 4.74 Å². The highest BCUT2D eigenvalue weighted by Gasteiger charge is 2.42. The molecule has 0 radical (unpaired) electrons. The lowest BCUT2D eigenvalue weighted by Crippen LogP contribution is -2.30. The Morgan fingerprint density at radius 2 is 2.05 bits per heavy atom. The highest BCUT2D eigenvalue weighted by molar-refractivity contribution is 6.07. The number of ether oxygens (including phenoxy) is 2. The van der Waals surface area contributed by atoms with Crippen LogP contribution in [0.3, 0.4) is 0 Å². The van der Waals surface area contributed by atoms with Crippen molar-refractivity contribution in [2.24, 2.45) is 4.99 Å². The largest absolute Gasteiger partial charge is 0.469 e. The average molecular weight is 261 g/mol. The summed E-state index contributed by atoms with van der Waals surface area (Å²) in [6.45, 7) is 1.66. The fourth-order valence-corrected chi connectivity index (χ4v) is 1.80. The van der Waals surface area contributed by atoms with Crippen LogP contribution in [0.4, 0.5) is 0 Å². The fourth-order valence-electron chi connectivity index (χ4n) is 1.80. The molecule has 0 fully saturated rings. The van der Waals surface area contributed by atoms with Gasteiger partial charge in [-0.05, 0) is 25.5 Å². The first kappa shape index (κ1) is 13.3. The predicted molar refractivity (Wildman–Crippen MR) is 68.7 cm³/mol. The van der Waals surface area contributed by atoms with Crippen LogP contribution in [0.2, 0.25) is 0 Å². The maximum Gasteiger partial charge on any atom is 0.340 e. The van der Waals surface area contributed by atoms with E-state index in [0.717, 1.165) is 5.56 Å². The molecule has 2 rings (SSSR count). The minimum Gasteiger partial charge on any atom is -0.469 e. The topological polar surface area (TPSA) is 65.0 Å². The molecular weight excluding hydrogens is 246 g/mol. The Morgan fingerprint density at radius 3 is 2.68 bits per heavy atom. The summed E-state index contributed by atoms with van der Waals surface area (Å²) in [5.74, 6) is -0.495. The van der Waals surface area contributed by atoms with E-state index in [-0.39, 0.29) is 18.8 Å². The summed E-state index contributed by atoms with van der Waals surface area (Å²) in [6, 6.07) is 9.19. The van der Waals surface area contributed by atoms with Crippen molar-refractivity contribution < 1.29 is 19.1 Å². The molecule has 0 N–H and O–H groups in total. The van der Waals surface area contributed by atoms with Crippen molar-refractivity contribution >= 4 is 17.8 Å². The lowest BCUT2D eigenvalue weighted by molar-refractivity contribution is -0.142. The Labute approximate surface area is 111 Å². The lowest BCUT2D eigenvalue weighted by Gasteiger charge is -2.14. The summed E-state index contributed by atoms with van der Waals surface area (Å²) in [6.07, 6.45) is 0.405. The number of rotatable bonds is 4. The number of aliphatic imine (C=N–C) groups is 1. The molecule has 1 aromatic carbocycles.